The van der Waals surface area contributed by atoms with Crippen LogP contribution >= 0.6 is 15.9 Å². The zero-order valence-corrected chi connectivity index (χ0v) is 17.3. The van der Waals surface area contributed by atoms with Crippen LogP contribution in [0.2, 0.25) is 0 Å². The van der Waals surface area contributed by atoms with Crippen LogP contribution in [0.1, 0.15) is 17.5 Å². The van der Waals surface area contributed by atoms with E-state index in [4.69, 9.17) is 13.7 Å². The van der Waals surface area contributed by atoms with Crippen molar-refractivity contribution in [2.45, 2.75) is 23.7 Å². The highest BCUT2D eigenvalue weighted by Crippen LogP contribution is 2.42. The Morgan fingerprint density at radius 1 is 1.22 bits per heavy atom. The first-order valence-electron chi connectivity index (χ1n) is 8.26. The molecule has 1 unspecified atom stereocenters. The monoisotopic (exact) mass is 454 g/mol. The standard InChI is InChI=1S/C19H19BrO6S/c1-13-3-6-15(7-4-13)27(22,23)26-12-19(18(21)24-2)9-10-25-17-8-5-14(20)11-16(17)19/h3-8,11H,9-10,12H2,1-2H3. The first kappa shape index (κ1) is 19.9. The van der Waals surface area contributed by atoms with Crippen molar-refractivity contribution in [3.63, 3.8) is 0 Å². The van der Waals surface area contributed by atoms with Crippen LogP contribution in [0.3, 0.4) is 0 Å². The molecule has 0 saturated heterocycles. The van der Waals surface area contributed by atoms with Gasteiger partial charge in [0, 0.05) is 16.5 Å². The molecule has 2 aromatic rings. The van der Waals surface area contributed by atoms with Crippen LogP contribution in [0, 0.1) is 6.92 Å². The van der Waals surface area contributed by atoms with E-state index in [0.29, 0.717) is 11.3 Å². The number of ether oxygens (including phenoxy) is 2. The Labute approximate surface area is 166 Å². The van der Waals surface area contributed by atoms with Gasteiger partial charge in [-0.3, -0.25) is 8.98 Å². The average Bonchev–Trinajstić information content (AvgIpc) is 2.66. The molecule has 3 rings (SSSR count). The van der Waals surface area contributed by atoms with Crippen LogP contribution in [0.4, 0.5) is 0 Å². The summed E-state index contributed by atoms with van der Waals surface area (Å²) < 4.78 is 41.9. The summed E-state index contributed by atoms with van der Waals surface area (Å²) in [4.78, 5) is 12.7. The summed E-state index contributed by atoms with van der Waals surface area (Å²) in [5, 5.41) is 0. The van der Waals surface area contributed by atoms with Gasteiger partial charge in [0.15, 0.2) is 0 Å². The first-order valence-corrected chi connectivity index (χ1v) is 10.5. The largest absolute Gasteiger partial charge is 0.493 e. The van der Waals surface area contributed by atoms with Crippen molar-refractivity contribution in [1.82, 2.24) is 0 Å². The highest BCUT2D eigenvalue weighted by atomic mass is 79.9. The third kappa shape index (κ3) is 3.88. The summed E-state index contributed by atoms with van der Waals surface area (Å²) in [7, 11) is -2.76. The molecule has 0 aromatic heterocycles. The second-order valence-corrected chi connectivity index (χ2v) is 8.87. The second kappa shape index (κ2) is 7.61. The molecule has 6 nitrogen and oxygen atoms in total. The Balaban J connectivity index is 1.97. The van der Waals surface area contributed by atoms with E-state index >= 15 is 0 Å². The number of halogens is 1. The summed E-state index contributed by atoms with van der Waals surface area (Å²) in [6.07, 6.45) is 0.243. The van der Waals surface area contributed by atoms with E-state index in [9.17, 15) is 13.2 Å². The zero-order chi connectivity index (χ0) is 19.7. The molecule has 0 saturated carbocycles. The number of benzene rings is 2. The van der Waals surface area contributed by atoms with Gasteiger partial charge in [0.05, 0.1) is 25.2 Å². The lowest BCUT2D eigenvalue weighted by Gasteiger charge is -2.35. The van der Waals surface area contributed by atoms with Crippen molar-refractivity contribution in [2.75, 3.05) is 20.3 Å². The normalized spacial score (nSPS) is 19.1. The van der Waals surface area contributed by atoms with Crippen LogP contribution < -0.4 is 4.74 Å². The molecule has 0 amide bonds. The van der Waals surface area contributed by atoms with Gasteiger partial charge in [-0.25, -0.2) is 0 Å². The molecule has 0 aliphatic carbocycles. The van der Waals surface area contributed by atoms with Gasteiger partial charge in [-0.15, -0.1) is 0 Å². The van der Waals surface area contributed by atoms with Gasteiger partial charge < -0.3 is 9.47 Å². The number of methoxy groups -OCH3 is 1. The van der Waals surface area contributed by atoms with Crippen molar-refractivity contribution in [1.29, 1.82) is 0 Å². The van der Waals surface area contributed by atoms with Crippen LogP contribution in [0.15, 0.2) is 51.8 Å². The van der Waals surface area contributed by atoms with Crippen LogP contribution in [0.25, 0.3) is 0 Å². The Morgan fingerprint density at radius 3 is 2.59 bits per heavy atom. The highest BCUT2D eigenvalue weighted by molar-refractivity contribution is 9.10. The number of carbonyl (C=O) groups excluding carboxylic acids is 1. The predicted molar refractivity (Wildman–Crippen MR) is 102 cm³/mol. The van der Waals surface area contributed by atoms with Crippen LogP contribution in [-0.4, -0.2) is 34.7 Å². The van der Waals surface area contributed by atoms with Crippen molar-refractivity contribution in [2.24, 2.45) is 0 Å². The maximum absolute atomic E-state index is 12.7. The van der Waals surface area contributed by atoms with Gasteiger partial charge >= 0.3 is 5.97 Å². The number of esters is 1. The van der Waals surface area contributed by atoms with E-state index in [1.807, 2.05) is 6.92 Å². The van der Waals surface area contributed by atoms with Crippen molar-refractivity contribution < 1.29 is 26.9 Å². The number of hydrogen-bond acceptors (Lipinski definition) is 6. The SMILES string of the molecule is COC(=O)C1(COS(=O)(=O)c2ccc(C)cc2)CCOc2ccc(Br)cc21. The Hall–Kier alpha value is -1.90. The third-order valence-electron chi connectivity index (χ3n) is 4.59. The van der Waals surface area contributed by atoms with E-state index < -0.39 is 21.5 Å². The molecule has 0 spiro atoms. The Morgan fingerprint density at radius 2 is 1.93 bits per heavy atom. The molecule has 144 valence electrons. The molecule has 1 aliphatic heterocycles. The summed E-state index contributed by atoms with van der Waals surface area (Å²) in [5.74, 6) is -0.0598. The molecular weight excluding hydrogens is 436 g/mol. The maximum atomic E-state index is 12.7. The van der Waals surface area contributed by atoms with Gasteiger partial charge in [-0.1, -0.05) is 33.6 Å². The summed E-state index contributed by atoms with van der Waals surface area (Å²) in [6.45, 7) is 1.74. The van der Waals surface area contributed by atoms with Gasteiger partial charge in [-0.2, -0.15) is 8.42 Å². The number of rotatable bonds is 5. The summed E-state index contributed by atoms with van der Waals surface area (Å²) >= 11 is 3.38. The molecular formula is C19H19BrO6S. The minimum atomic E-state index is -4.03. The van der Waals surface area contributed by atoms with Crippen molar-refractivity contribution in [3.05, 3.63) is 58.1 Å². The fraction of sp³-hybridized carbons (Fsp3) is 0.316. The van der Waals surface area contributed by atoms with Gasteiger partial charge in [0.1, 0.15) is 11.2 Å². The van der Waals surface area contributed by atoms with Gasteiger partial charge in [0.25, 0.3) is 10.1 Å². The number of carbonyl (C=O) groups is 1. The quantitative estimate of drug-likeness (QED) is 0.508. The first-order chi connectivity index (χ1) is 12.8. The number of aryl methyl sites for hydroxylation is 1. The van der Waals surface area contributed by atoms with Crippen LogP contribution in [0.5, 0.6) is 5.75 Å². The van der Waals surface area contributed by atoms with E-state index in [1.165, 1.54) is 19.2 Å². The fourth-order valence-electron chi connectivity index (χ4n) is 3.04. The minimum Gasteiger partial charge on any atom is -0.493 e. The zero-order valence-electron chi connectivity index (χ0n) is 14.9. The highest BCUT2D eigenvalue weighted by Gasteiger charge is 2.47. The second-order valence-electron chi connectivity index (χ2n) is 6.34. The molecule has 0 N–H and O–H groups in total. The fourth-order valence-corrected chi connectivity index (χ4v) is 4.36. The number of fused-ring (bicyclic) bond motifs is 1. The molecule has 0 bridgehead atoms. The van der Waals surface area contributed by atoms with Gasteiger partial charge in [0.2, 0.25) is 0 Å². The lowest BCUT2D eigenvalue weighted by molar-refractivity contribution is -0.150. The molecule has 1 aliphatic rings. The molecule has 2 aromatic carbocycles. The molecule has 1 atom stereocenters. The Bertz CT molecular complexity index is 955. The smallest absolute Gasteiger partial charge is 0.318 e. The Kier molecular flexibility index (Phi) is 5.60. The molecule has 27 heavy (non-hydrogen) atoms. The topological polar surface area (TPSA) is 78.9 Å². The van der Waals surface area contributed by atoms with Crippen molar-refractivity contribution >= 4 is 32.0 Å². The van der Waals surface area contributed by atoms with E-state index in [-0.39, 0.29) is 24.5 Å². The van der Waals surface area contributed by atoms with Gasteiger partial charge in [-0.05, 0) is 37.3 Å². The lowest BCUT2D eigenvalue weighted by atomic mass is 9.76. The number of hydrogen-bond donors (Lipinski definition) is 0. The molecule has 0 fully saturated rings. The minimum absolute atomic E-state index is 0.0367. The third-order valence-corrected chi connectivity index (χ3v) is 6.36. The van der Waals surface area contributed by atoms with E-state index in [1.54, 1.807) is 30.3 Å². The van der Waals surface area contributed by atoms with E-state index in [0.717, 1.165) is 10.0 Å². The van der Waals surface area contributed by atoms with Crippen molar-refractivity contribution in [3.8, 4) is 5.75 Å². The lowest BCUT2D eigenvalue weighted by Crippen LogP contribution is -2.45. The molecule has 0 radical (unpaired) electrons. The van der Waals surface area contributed by atoms with E-state index in [2.05, 4.69) is 15.9 Å². The predicted octanol–water partition coefficient (Wildman–Crippen LogP) is 3.36. The van der Waals surface area contributed by atoms with Crippen LogP contribution in [-0.2, 0) is 29.2 Å². The molecule has 1 heterocycles. The average molecular weight is 455 g/mol. The maximum Gasteiger partial charge on any atom is 0.318 e. The summed E-state index contributed by atoms with van der Waals surface area (Å²) in [6, 6.07) is 11.6. The molecule has 8 heteroatoms. The summed E-state index contributed by atoms with van der Waals surface area (Å²) in [5.41, 5.74) is 0.196.